The Hall–Kier alpha value is -2.84. The topological polar surface area (TPSA) is 96.1 Å². The molecule has 0 spiro atoms. The maximum atomic E-state index is 12.2. The third kappa shape index (κ3) is 7.73. The van der Waals surface area contributed by atoms with E-state index in [2.05, 4.69) is 44.6 Å². The Kier molecular flexibility index (Phi) is 8.65. The van der Waals surface area contributed by atoms with E-state index in [1.807, 2.05) is 56.6 Å². The molecule has 2 heterocycles. The molecular formula is C22H37N7O2. The molecule has 31 heavy (non-hydrogen) atoms. The van der Waals surface area contributed by atoms with Gasteiger partial charge in [0.15, 0.2) is 11.6 Å². The number of pyridine rings is 1. The van der Waals surface area contributed by atoms with E-state index in [-0.39, 0.29) is 18.1 Å². The highest BCUT2D eigenvalue weighted by Gasteiger charge is 2.22. The van der Waals surface area contributed by atoms with E-state index in [1.54, 1.807) is 7.05 Å². The average Bonchev–Trinajstić information content (AvgIpc) is 3.10. The number of nitrogens with one attached hydrogen (secondary N) is 2. The van der Waals surface area contributed by atoms with Crippen molar-refractivity contribution in [3.05, 3.63) is 30.2 Å². The molecule has 2 aromatic heterocycles. The Bertz CT molecular complexity index is 870. The second-order valence-corrected chi connectivity index (χ2v) is 8.98. The summed E-state index contributed by atoms with van der Waals surface area (Å²) in [6, 6.07) is 5.87. The van der Waals surface area contributed by atoms with E-state index in [1.165, 1.54) is 0 Å². The summed E-state index contributed by atoms with van der Waals surface area (Å²) in [7, 11) is 3.76. The number of alkyl carbamates (subject to hydrolysis) is 1. The van der Waals surface area contributed by atoms with Crippen molar-refractivity contribution in [2.75, 3.05) is 27.2 Å². The van der Waals surface area contributed by atoms with Crippen LogP contribution < -0.4 is 10.6 Å². The molecule has 9 heteroatoms. The fourth-order valence-corrected chi connectivity index (χ4v) is 3.20. The fraction of sp³-hybridized carbons (Fsp3) is 0.636. The summed E-state index contributed by atoms with van der Waals surface area (Å²) in [5.74, 6) is 1.99. The second-order valence-electron chi connectivity index (χ2n) is 8.98. The van der Waals surface area contributed by atoms with Gasteiger partial charge in [-0.1, -0.05) is 19.9 Å². The Balaban J connectivity index is 1.84. The standard InChI is InChI=1S/C22H37N7O2/c1-16(2)17(25-21(30)31-22(3,4)5)12-15-28(7)20(23-6)24-13-11-19-27-26-18-10-8-9-14-29(18)19/h8-10,14,16-17H,11-13,15H2,1-7H3,(H,23,24)(H,25,30). The first-order chi connectivity index (χ1) is 14.6. The van der Waals surface area contributed by atoms with Gasteiger partial charge in [-0.3, -0.25) is 9.39 Å². The van der Waals surface area contributed by atoms with Gasteiger partial charge in [-0.05, 0) is 45.2 Å². The van der Waals surface area contributed by atoms with E-state index in [0.29, 0.717) is 6.54 Å². The van der Waals surface area contributed by atoms with Crippen LogP contribution >= 0.6 is 0 Å². The lowest BCUT2D eigenvalue weighted by molar-refractivity contribution is 0.0486. The zero-order chi connectivity index (χ0) is 23.0. The fourth-order valence-electron chi connectivity index (χ4n) is 3.20. The largest absolute Gasteiger partial charge is 0.444 e. The molecule has 2 rings (SSSR count). The first kappa shape index (κ1) is 24.4. The molecule has 1 atom stereocenters. The van der Waals surface area contributed by atoms with Crippen LogP contribution in [0.15, 0.2) is 29.4 Å². The number of carbonyl (C=O) groups is 1. The third-order valence-corrected chi connectivity index (χ3v) is 4.87. The van der Waals surface area contributed by atoms with Crippen molar-refractivity contribution in [2.24, 2.45) is 10.9 Å². The number of nitrogens with zero attached hydrogens (tertiary/aromatic N) is 5. The minimum Gasteiger partial charge on any atom is -0.444 e. The number of aliphatic imine (C=N–C) groups is 1. The molecular weight excluding hydrogens is 394 g/mol. The molecule has 172 valence electrons. The van der Waals surface area contributed by atoms with Crippen molar-refractivity contribution >= 4 is 17.7 Å². The van der Waals surface area contributed by atoms with Gasteiger partial charge in [-0.2, -0.15) is 0 Å². The van der Waals surface area contributed by atoms with Crippen LogP contribution in [-0.4, -0.2) is 70.4 Å². The predicted molar refractivity (Wildman–Crippen MR) is 123 cm³/mol. The lowest BCUT2D eigenvalue weighted by Gasteiger charge is -2.28. The van der Waals surface area contributed by atoms with Gasteiger partial charge >= 0.3 is 6.09 Å². The Morgan fingerprint density at radius 3 is 2.68 bits per heavy atom. The molecule has 0 radical (unpaired) electrons. The maximum absolute atomic E-state index is 12.2. The summed E-state index contributed by atoms with van der Waals surface area (Å²) in [5.41, 5.74) is 0.334. The summed E-state index contributed by atoms with van der Waals surface area (Å²) in [4.78, 5) is 18.6. The quantitative estimate of drug-likeness (QED) is 0.493. The van der Waals surface area contributed by atoms with Crippen molar-refractivity contribution in [2.45, 2.75) is 59.1 Å². The van der Waals surface area contributed by atoms with Crippen LogP contribution in [-0.2, 0) is 11.2 Å². The first-order valence-corrected chi connectivity index (χ1v) is 10.8. The Morgan fingerprint density at radius 1 is 1.29 bits per heavy atom. The van der Waals surface area contributed by atoms with Crippen molar-refractivity contribution < 1.29 is 9.53 Å². The highest BCUT2D eigenvalue weighted by atomic mass is 16.6. The first-order valence-electron chi connectivity index (χ1n) is 10.8. The predicted octanol–water partition coefficient (Wildman–Crippen LogP) is 2.72. The lowest BCUT2D eigenvalue weighted by atomic mass is 10.0. The van der Waals surface area contributed by atoms with Gasteiger partial charge in [-0.15, -0.1) is 10.2 Å². The number of guanidine groups is 1. The van der Waals surface area contributed by atoms with E-state index in [9.17, 15) is 4.79 Å². The second kappa shape index (κ2) is 11.0. The van der Waals surface area contributed by atoms with E-state index in [0.717, 1.165) is 36.8 Å². The normalized spacial score (nSPS) is 13.4. The molecule has 9 nitrogen and oxygen atoms in total. The van der Waals surface area contributed by atoms with Crippen LogP contribution in [0.3, 0.4) is 0 Å². The Labute approximate surface area is 185 Å². The van der Waals surface area contributed by atoms with Gasteiger partial charge in [-0.25, -0.2) is 4.79 Å². The van der Waals surface area contributed by atoms with Crippen LogP contribution in [0.2, 0.25) is 0 Å². The summed E-state index contributed by atoms with van der Waals surface area (Å²) in [6.07, 6.45) is 3.10. The summed E-state index contributed by atoms with van der Waals surface area (Å²) in [5, 5.41) is 14.8. The van der Waals surface area contributed by atoms with E-state index >= 15 is 0 Å². The van der Waals surface area contributed by atoms with Crippen LogP contribution in [0.25, 0.3) is 5.65 Å². The van der Waals surface area contributed by atoms with Gasteiger partial charge in [0.25, 0.3) is 0 Å². The van der Waals surface area contributed by atoms with Crippen LogP contribution in [0, 0.1) is 5.92 Å². The Morgan fingerprint density at radius 2 is 2.03 bits per heavy atom. The van der Waals surface area contributed by atoms with Crippen molar-refractivity contribution in [3.8, 4) is 0 Å². The monoisotopic (exact) mass is 431 g/mol. The number of hydrogen-bond acceptors (Lipinski definition) is 5. The number of amides is 1. The van der Waals surface area contributed by atoms with Crippen molar-refractivity contribution in [1.82, 2.24) is 30.1 Å². The molecule has 0 aromatic carbocycles. The maximum Gasteiger partial charge on any atom is 0.407 e. The van der Waals surface area contributed by atoms with E-state index < -0.39 is 5.60 Å². The highest BCUT2D eigenvalue weighted by molar-refractivity contribution is 5.79. The average molecular weight is 432 g/mol. The molecule has 1 unspecified atom stereocenters. The van der Waals surface area contributed by atoms with Gasteiger partial charge in [0.2, 0.25) is 0 Å². The molecule has 1 amide bonds. The number of aromatic nitrogens is 3. The van der Waals surface area contributed by atoms with Crippen LogP contribution in [0.4, 0.5) is 4.79 Å². The zero-order valence-corrected chi connectivity index (χ0v) is 19.8. The smallest absolute Gasteiger partial charge is 0.407 e. The zero-order valence-electron chi connectivity index (χ0n) is 19.8. The van der Waals surface area contributed by atoms with Crippen LogP contribution in [0.1, 0.15) is 46.9 Å². The number of fused-ring (bicyclic) bond motifs is 1. The number of rotatable bonds is 8. The molecule has 0 saturated heterocycles. The minimum absolute atomic E-state index is 0.0118. The molecule has 2 aromatic rings. The highest BCUT2D eigenvalue weighted by Crippen LogP contribution is 2.11. The third-order valence-electron chi connectivity index (χ3n) is 4.87. The molecule has 0 bridgehead atoms. The lowest BCUT2D eigenvalue weighted by Crippen LogP contribution is -2.45. The molecule has 0 aliphatic heterocycles. The molecule has 0 aliphatic rings. The molecule has 0 saturated carbocycles. The van der Waals surface area contributed by atoms with Gasteiger partial charge in [0.1, 0.15) is 11.4 Å². The van der Waals surface area contributed by atoms with Crippen LogP contribution in [0.5, 0.6) is 0 Å². The van der Waals surface area contributed by atoms with Crippen molar-refractivity contribution in [1.29, 1.82) is 0 Å². The summed E-state index contributed by atoms with van der Waals surface area (Å²) in [6.45, 7) is 11.2. The van der Waals surface area contributed by atoms with E-state index in [4.69, 9.17) is 4.74 Å². The number of carbonyl (C=O) groups excluding carboxylic acids is 1. The molecule has 0 fully saturated rings. The number of ether oxygens (including phenoxy) is 1. The summed E-state index contributed by atoms with van der Waals surface area (Å²) >= 11 is 0. The summed E-state index contributed by atoms with van der Waals surface area (Å²) < 4.78 is 7.39. The van der Waals surface area contributed by atoms with Gasteiger partial charge in [0, 0.05) is 45.8 Å². The molecule has 0 aliphatic carbocycles. The number of hydrogen-bond donors (Lipinski definition) is 2. The van der Waals surface area contributed by atoms with Gasteiger partial charge < -0.3 is 20.3 Å². The minimum atomic E-state index is -0.510. The SMILES string of the molecule is CN=C(NCCc1nnc2ccccn12)N(C)CCC(NC(=O)OC(C)(C)C)C(C)C. The van der Waals surface area contributed by atoms with Crippen molar-refractivity contribution in [3.63, 3.8) is 0 Å². The van der Waals surface area contributed by atoms with Gasteiger partial charge in [0.05, 0.1) is 0 Å². The molecule has 2 N–H and O–H groups in total.